The number of amides is 2. The van der Waals surface area contributed by atoms with E-state index in [-0.39, 0.29) is 18.4 Å². The normalized spacial score (nSPS) is 16.6. The number of nitrogens with two attached hydrogens (primary N) is 1. The Hall–Kier alpha value is -1.46. The minimum atomic E-state index is -0.00838. The van der Waals surface area contributed by atoms with Crippen LogP contribution in [-0.2, 0) is 0 Å². The molecule has 1 fully saturated rings. The predicted molar refractivity (Wildman–Crippen MR) is 61.5 cm³/mol. The van der Waals surface area contributed by atoms with Crippen molar-refractivity contribution in [2.45, 2.75) is 26.2 Å². The lowest BCUT2D eigenvalue weighted by Gasteiger charge is -2.27. The molecule has 0 aromatic heterocycles. The fraction of sp³-hybridized carbons (Fsp3) is 0.800. The second-order valence-electron chi connectivity index (χ2n) is 3.99. The zero-order valence-corrected chi connectivity index (χ0v) is 9.72. The summed E-state index contributed by atoms with van der Waals surface area (Å²) in [5.41, 5.74) is 5.43. The Balaban J connectivity index is 2.57. The van der Waals surface area contributed by atoms with E-state index in [1.807, 2.05) is 11.8 Å². The third-order valence-electron chi connectivity index (χ3n) is 2.62. The van der Waals surface area contributed by atoms with Crippen molar-refractivity contribution in [2.24, 2.45) is 10.9 Å². The third kappa shape index (κ3) is 3.29. The standard InChI is InChI=1S/C10H20N4O2/c1-2-5-14(8-9(11)12-16)10(15)13-6-3-4-7-13/h16H,2-8H2,1H3,(H2,11,12). The summed E-state index contributed by atoms with van der Waals surface area (Å²) in [7, 11) is 0. The fourth-order valence-corrected chi connectivity index (χ4v) is 1.85. The maximum Gasteiger partial charge on any atom is 0.320 e. The van der Waals surface area contributed by atoms with Gasteiger partial charge in [-0.2, -0.15) is 0 Å². The lowest BCUT2D eigenvalue weighted by Crippen LogP contribution is -2.45. The summed E-state index contributed by atoms with van der Waals surface area (Å²) >= 11 is 0. The van der Waals surface area contributed by atoms with Crippen LogP contribution in [0.15, 0.2) is 5.16 Å². The van der Waals surface area contributed by atoms with E-state index in [0.717, 1.165) is 32.4 Å². The van der Waals surface area contributed by atoms with Crippen LogP contribution in [-0.4, -0.2) is 53.1 Å². The van der Waals surface area contributed by atoms with Gasteiger partial charge in [0.2, 0.25) is 0 Å². The van der Waals surface area contributed by atoms with Gasteiger partial charge in [-0.05, 0) is 19.3 Å². The first-order valence-corrected chi connectivity index (χ1v) is 5.69. The number of oxime groups is 1. The average molecular weight is 228 g/mol. The SMILES string of the molecule is CCCN(CC(N)=NO)C(=O)N1CCCC1. The summed E-state index contributed by atoms with van der Waals surface area (Å²) in [6, 6.07) is -0.00838. The molecule has 0 aromatic rings. The number of carbonyl (C=O) groups excluding carboxylic acids is 1. The molecule has 6 heteroatoms. The summed E-state index contributed by atoms with van der Waals surface area (Å²) in [5, 5.41) is 11.4. The summed E-state index contributed by atoms with van der Waals surface area (Å²) in [4.78, 5) is 15.5. The fourth-order valence-electron chi connectivity index (χ4n) is 1.85. The van der Waals surface area contributed by atoms with Gasteiger partial charge in [-0.3, -0.25) is 0 Å². The van der Waals surface area contributed by atoms with Crippen LogP contribution in [0.25, 0.3) is 0 Å². The average Bonchev–Trinajstić information content (AvgIpc) is 2.80. The number of hydrogen-bond donors (Lipinski definition) is 2. The molecule has 0 spiro atoms. The molecule has 0 unspecified atom stereocenters. The number of likely N-dealkylation sites (tertiary alicyclic amines) is 1. The Morgan fingerprint density at radius 3 is 2.62 bits per heavy atom. The number of hydrogen-bond acceptors (Lipinski definition) is 3. The van der Waals surface area contributed by atoms with Gasteiger partial charge in [0.15, 0.2) is 5.84 Å². The molecule has 1 aliphatic rings. The van der Waals surface area contributed by atoms with Gasteiger partial charge >= 0.3 is 6.03 Å². The van der Waals surface area contributed by atoms with Crippen LogP contribution >= 0.6 is 0 Å². The van der Waals surface area contributed by atoms with Gasteiger partial charge in [0, 0.05) is 19.6 Å². The molecule has 0 bridgehead atoms. The van der Waals surface area contributed by atoms with Crippen molar-refractivity contribution in [1.29, 1.82) is 0 Å². The predicted octanol–water partition coefficient (Wildman–Crippen LogP) is 0.661. The van der Waals surface area contributed by atoms with E-state index in [1.54, 1.807) is 4.90 Å². The third-order valence-corrected chi connectivity index (χ3v) is 2.62. The van der Waals surface area contributed by atoms with Gasteiger partial charge in [0.1, 0.15) is 0 Å². The molecule has 6 nitrogen and oxygen atoms in total. The number of carbonyl (C=O) groups is 1. The molecule has 1 heterocycles. The van der Waals surface area contributed by atoms with Gasteiger partial charge in [-0.1, -0.05) is 12.1 Å². The summed E-state index contributed by atoms with van der Waals surface area (Å²) < 4.78 is 0. The molecule has 16 heavy (non-hydrogen) atoms. The monoisotopic (exact) mass is 228 g/mol. The molecule has 0 radical (unpaired) electrons. The van der Waals surface area contributed by atoms with Gasteiger partial charge in [-0.15, -0.1) is 0 Å². The molecule has 3 N–H and O–H groups in total. The number of nitrogens with zero attached hydrogens (tertiary/aromatic N) is 3. The minimum absolute atomic E-state index is 0.00838. The number of urea groups is 1. The Morgan fingerprint density at radius 1 is 1.50 bits per heavy atom. The lowest BCUT2D eigenvalue weighted by molar-refractivity contribution is 0.168. The van der Waals surface area contributed by atoms with Crippen molar-refractivity contribution in [3.8, 4) is 0 Å². The summed E-state index contributed by atoms with van der Waals surface area (Å²) in [6.45, 7) is 4.45. The van der Waals surface area contributed by atoms with E-state index in [2.05, 4.69) is 5.16 Å². The molecule has 0 aromatic carbocycles. The zero-order chi connectivity index (χ0) is 12.0. The Labute approximate surface area is 95.7 Å². The topological polar surface area (TPSA) is 82.2 Å². The van der Waals surface area contributed by atoms with E-state index >= 15 is 0 Å². The molecular formula is C10H20N4O2. The largest absolute Gasteiger partial charge is 0.409 e. The van der Waals surface area contributed by atoms with E-state index in [9.17, 15) is 4.79 Å². The highest BCUT2D eigenvalue weighted by Gasteiger charge is 2.23. The van der Waals surface area contributed by atoms with Crippen molar-refractivity contribution in [2.75, 3.05) is 26.2 Å². The van der Waals surface area contributed by atoms with Crippen molar-refractivity contribution in [3.05, 3.63) is 0 Å². The van der Waals surface area contributed by atoms with Crippen LogP contribution < -0.4 is 5.73 Å². The van der Waals surface area contributed by atoms with Crippen molar-refractivity contribution >= 4 is 11.9 Å². The highest BCUT2D eigenvalue weighted by molar-refractivity contribution is 5.86. The van der Waals surface area contributed by atoms with Crippen LogP contribution in [0, 0.1) is 0 Å². The maximum absolute atomic E-state index is 12.0. The van der Waals surface area contributed by atoms with Crippen LogP contribution in [0.1, 0.15) is 26.2 Å². The smallest absolute Gasteiger partial charge is 0.320 e. The van der Waals surface area contributed by atoms with Gasteiger partial charge in [-0.25, -0.2) is 4.79 Å². The summed E-state index contributed by atoms with van der Waals surface area (Å²) in [6.07, 6.45) is 2.99. The second kappa shape index (κ2) is 6.19. The van der Waals surface area contributed by atoms with E-state index in [0.29, 0.717) is 6.54 Å². The van der Waals surface area contributed by atoms with Crippen molar-refractivity contribution < 1.29 is 10.0 Å². The van der Waals surface area contributed by atoms with Gasteiger partial charge < -0.3 is 20.7 Å². The minimum Gasteiger partial charge on any atom is -0.409 e. The Bertz CT molecular complexity index is 262. The van der Waals surface area contributed by atoms with Crippen LogP contribution in [0.4, 0.5) is 4.79 Å². The number of rotatable bonds is 4. The van der Waals surface area contributed by atoms with Crippen LogP contribution in [0.2, 0.25) is 0 Å². The van der Waals surface area contributed by atoms with Crippen LogP contribution in [0.5, 0.6) is 0 Å². The maximum atomic E-state index is 12.0. The zero-order valence-electron chi connectivity index (χ0n) is 9.72. The highest BCUT2D eigenvalue weighted by atomic mass is 16.4. The first-order valence-electron chi connectivity index (χ1n) is 5.69. The van der Waals surface area contributed by atoms with Gasteiger partial charge in [0.05, 0.1) is 6.54 Å². The first-order chi connectivity index (χ1) is 7.69. The van der Waals surface area contributed by atoms with E-state index in [1.165, 1.54) is 0 Å². The van der Waals surface area contributed by atoms with Crippen molar-refractivity contribution in [1.82, 2.24) is 9.80 Å². The molecule has 1 saturated heterocycles. The molecular weight excluding hydrogens is 208 g/mol. The van der Waals surface area contributed by atoms with Crippen molar-refractivity contribution in [3.63, 3.8) is 0 Å². The Morgan fingerprint density at radius 2 is 2.12 bits per heavy atom. The molecule has 0 atom stereocenters. The quantitative estimate of drug-likeness (QED) is 0.321. The second-order valence-corrected chi connectivity index (χ2v) is 3.99. The lowest BCUT2D eigenvalue weighted by atomic mass is 10.4. The van der Waals surface area contributed by atoms with E-state index in [4.69, 9.17) is 10.9 Å². The van der Waals surface area contributed by atoms with Gasteiger partial charge in [0.25, 0.3) is 0 Å². The Kier molecular flexibility index (Phi) is 4.88. The molecule has 0 aliphatic carbocycles. The highest BCUT2D eigenvalue weighted by Crippen LogP contribution is 2.10. The molecule has 2 amide bonds. The molecule has 1 rings (SSSR count). The number of amidine groups is 1. The van der Waals surface area contributed by atoms with Crippen LogP contribution in [0.3, 0.4) is 0 Å². The molecule has 0 saturated carbocycles. The first kappa shape index (κ1) is 12.6. The molecule has 92 valence electrons. The summed E-state index contributed by atoms with van der Waals surface area (Å²) in [5.74, 6) is 0.0704. The van der Waals surface area contributed by atoms with E-state index < -0.39 is 0 Å². The molecule has 1 aliphatic heterocycles.